The van der Waals surface area contributed by atoms with Gasteiger partial charge < -0.3 is 20.6 Å². The Morgan fingerprint density at radius 1 is 0.571 bits per heavy atom. The maximum absolute atomic E-state index is 12.3. The summed E-state index contributed by atoms with van der Waals surface area (Å²) < 4.78 is 0. The smallest absolute Gasteiger partial charge is 0.249 e. The van der Waals surface area contributed by atoms with Crippen LogP contribution in [0, 0.1) is 0 Å². The van der Waals surface area contributed by atoms with Crippen LogP contribution in [0.1, 0.15) is 168 Å². The van der Waals surface area contributed by atoms with E-state index in [9.17, 15) is 20.1 Å². The van der Waals surface area contributed by atoms with Crippen molar-refractivity contribution in [1.82, 2.24) is 5.32 Å². The average Bonchev–Trinajstić information content (AvgIpc) is 2.99. The van der Waals surface area contributed by atoms with E-state index < -0.39 is 24.2 Å². The Morgan fingerprint density at radius 2 is 0.976 bits per heavy atom. The first-order valence-corrected chi connectivity index (χ1v) is 17.8. The molecule has 0 saturated carbocycles. The number of nitrogens with one attached hydrogen (secondary N) is 1. The molecule has 0 heterocycles. The fraction of sp³-hybridized carbons (Fsp3) is 0.811. The molecule has 0 aliphatic heterocycles. The summed E-state index contributed by atoms with van der Waals surface area (Å²) in [6, 6.07) is -0.819. The maximum Gasteiger partial charge on any atom is 0.249 e. The number of unbranched alkanes of at least 4 members (excludes halogenated alkanes) is 19. The van der Waals surface area contributed by atoms with Gasteiger partial charge in [-0.05, 0) is 57.8 Å². The van der Waals surface area contributed by atoms with E-state index in [4.69, 9.17) is 0 Å². The molecule has 3 atom stereocenters. The van der Waals surface area contributed by atoms with Crippen LogP contribution in [0.5, 0.6) is 0 Å². The van der Waals surface area contributed by atoms with E-state index in [1.807, 2.05) is 6.08 Å². The van der Waals surface area contributed by atoms with E-state index in [1.54, 1.807) is 6.08 Å². The second-order valence-corrected chi connectivity index (χ2v) is 12.1. The zero-order valence-corrected chi connectivity index (χ0v) is 27.6. The van der Waals surface area contributed by atoms with Crippen LogP contribution in [-0.2, 0) is 4.79 Å². The Balaban J connectivity index is 3.85. The molecule has 0 aromatic heterocycles. The summed E-state index contributed by atoms with van der Waals surface area (Å²) >= 11 is 0. The van der Waals surface area contributed by atoms with Crippen LogP contribution in [0.15, 0.2) is 36.5 Å². The van der Waals surface area contributed by atoms with Gasteiger partial charge in [-0.3, -0.25) is 4.79 Å². The third-order valence-corrected chi connectivity index (χ3v) is 7.95. The zero-order chi connectivity index (χ0) is 30.9. The molecule has 0 spiro atoms. The minimum atomic E-state index is -1.12. The highest BCUT2D eigenvalue weighted by molar-refractivity contribution is 5.80. The number of carbonyl (C=O) groups is 1. The summed E-state index contributed by atoms with van der Waals surface area (Å²) in [5.41, 5.74) is 0. The normalized spacial score (nSPS) is 14.3. The second-order valence-electron chi connectivity index (χ2n) is 12.1. The Hall–Kier alpha value is -1.43. The van der Waals surface area contributed by atoms with Crippen molar-refractivity contribution in [3.8, 4) is 0 Å². The largest absolute Gasteiger partial charge is 0.394 e. The number of amides is 1. The molecule has 0 fully saturated rings. The number of carbonyl (C=O) groups excluding carboxylic acids is 1. The van der Waals surface area contributed by atoms with Gasteiger partial charge in [0.1, 0.15) is 6.10 Å². The summed E-state index contributed by atoms with van der Waals surface area (Å²) in [4.78, 5) is 12.3. The lowest BCUT2D eigenvalue weighted by Crippen LogP contribution is -2.48. The van der Waals surface area contributed by atoms with Crippen molar-refractivity contribution in [1.29, 1.82) is 0 Å². The predicted octanol–water partition coefficient (Wildman–Crippen LogP) is 9.26. The number of allylic oxidation sites excluding steroid dienone is 5. The highest BCUT2D eigenvalue weighted by atomic mass is 16.3. The van der Waals surface area contributed by atoms with Gasteiger partial charge in [-0.15, -0.1) is 0 Å². The number of hydrogen-bond donors (Lipinski definition) is 4. The minimum absolute atomic E-state index is 0.382. The molecule has 0 aliphatic rings. The monoisotopic (exact) mass is 592 g/mol. The lowest BCUT2D eigenvalue weighted by molar-refractivity contribution is -0.131. The molecular weight excluding hydrogens is 522 g/mol. The Morgan fingerprint density at radius 3 is 1.45 bits per heavy atom. The van der Waals surface area contributed by atoms with Gasteiger partial charge in [0.15, 0.2) is 0 Å². The van der Waals surface area contributed by atoms with Gasteiger partial charge in [0.2, 0.25) is 5.91 Å². The second kappa shape index (κ2) is 32.5. The van der Waals surface area contributed by atoms with Crippen molar-refractivity contribution >= 4 is 5.91 Å². The van der Waals surface area contributed by atoms with E-state index in [1.165, 1.54) is 103 Å². The van der Waals surface area contributed by atoms with Gasteiger partial charge >= 0.3 is 0 Å². The molecule has 246 valence electrons. The summed E-state index contributed by atoms with van der Waals surface area (Å²) in [5.74, 6) is -0.532. The predicted molar refractivity (Wildman–Crippen MR) is 181 cm³/mol. The van der Waals surface area contributed by atoms with Gasteiger partial charge in [-0.1, -0.05) is 147 Å². The van der Waals surface area contributed by atoms with Gasteiger partial charge in [0.05, 0.1) is 18.8 Å². The van der Waals surface area contributed by atoms with Crippen LogP contribution in [-0.4, -0.2) is 46.1 Å². The Labute approximate surface area is 260 Å². The lowest BCUT2D eigenvalue weighted by Gasteiger charge is -2.21. The Kier molecular flexibility index (Phi) is 31.4. The summed E-state index contributed by atoms with van der Waals surface area (Å²) in [7, 11) is 0. The molecule has 0 rings (SSSR count). The van der Waals surface area contributed by atoms with E-state index in [-0.39, 0.29) is 6.61 Å². The molecule has 0 radical (unpaired) electrons. The summed E-state index contributed by atoms with van der Waals surface area (Å²) in [6.07, 6.45) is 38.7. The molecular formula is C37H69NO4. The third-order valence-electron chi connectivity index (χ3n) is 7.95. The fourth-order valence-electron chi connectivity index (χ4n) is 5.07. The van der Waals surface area contributed by atoms with Crippen LogP contribution in [0.4, 0.5) is 0 Å². The summed E-state index contributed by atoms with van der Waals surface area (Å²) in [5, 5.41) is 32.8. The van der Waals surface area contributed by atoms with Crippen LogP contribution < -0.4 is 5.32 Å². The zero-order valence-electron chi connectivity index (χ0n) is 27.6. The number of aliphatic hydroxyl groups excluding tert-OH is 3. The lowest BCUT2D eigenvalue weighted by atomic mass is 10.1. The number of rotatable bonds is 31. The van der Waals surface area contributed by atoms with Crippen molar-refractivity contribution in [2.24, 2.45) is 0 Å². The molecule has 0 saturated heterocycles. The van der Waals surface area contributed by atoms with Crippen LogP contribution in [0.25, 0.3) is 0 Å². The molecule has 3 unspecified atom stereocenters. The Bertz CT molecular complexity index is 660. The number of aliphatic hydroxyl groups is 3. The van der Waals surface area contributed by atoms with Crippen molar-refractivity contribution < 1.29 is 20.1 Å². The summed E-state index contributed by atoms with van der Waals surface area (Å²) in [6.45, 7) is 4.12. The quantitative estimate of drug-likeness (QED) is 0.0478. The van der Waals surface area contributed by atoms with Gasteiger partial charge in [-0.25, -0.2) is 0 Å². The topological polar surface area (TPSA) is 89.8 Å². The molecule has 1 amide bonds. The molecule has 5 heteroatoms. The fourth-order valence-corrected chi connectivity index (χ4v) is 5.07. The third kappa shape index (κ3) is 27.4. The van der Waals surface area contributed by atoms with Crippen molar-refractivity contribution in [2.75, 3.05) is 6.61 Å². The van der Waals surface area contributed by atoms with E-state index in [0.29, 0.717) is 6.42 Å². The van der Waals surface area contributed by atoms with E-state index in [2.05, 4.69) is 43.5 Å². The molecule has 42 heavy (non-hydrogen) atoms. The van der Waals surface area contributed by atoms with Gasteiger partial charge in [0, 0.05) is 0 Å². The average molecular weight is 592 g/mol. The standard InChI is InChI=1S/C37H69NO4/c1-3-5-7-9-11-13-15-17-18-19-20-22-23-25-27-29-31-35(40)34(33-39)38-37(42)36(41)32-30-28-26-24-21-16-14-12-10-8-6-4-2/h21-24,29,31,34-36,39-41H,3-20,25-28,30,32-33H2,1-2H3,(H,38,42)/b23-22+,24-21-,31-29+. The first-order valence-electron chi connectivity index (χ1n) is 17.8. The SMILES string of the molecule is CCCCCCCC/C=C\CCCCC(O)C(=O)NC(CO)C(O)/C=C/CC/C=C/CCCCCCCCCCCC. The van der Waals surface area contributed by atoms with Crippen molar-refractivity contribution in [3.63, 3.8) is 0 Å². The van der Waals surface area contributed by atoms with Crippen LogP contribution >= 0.6 is 0 Å². The first kappa shape index (κ1) is 40.6. The number of hydrogen-bond acceptors (Lipinski definition) is 4. The van der Waals surface area contributed by atoms with Crippen LogP contribution in [0.3, 0.4) is 0 Å². The van der Waals surface area contributed by atoms with Crippen LogP contribution in [0.2, 0.25) is 0 Å². The molecule has 5 nitrogen and oxygen atoms in total. The van der Waals surface area contributed by atoms with Gasteiger partial charge in [0.25, 0.3) is 0 Å². The highest BCUT2D eigenvalue weighted by Gasteiger charge is 2.22. The molecule has 0 bridgehead atoms. The van der Waals surface area contributed by atoms with E-state index in [0.717, 1.165) is 44.9 Å². The van der Waals surface area contributed by atoms with Gasteiger partial charge in [-0.2, -0.15) is 0 Å². The highest BCUT2D eigenvalue weighted by Crippen LogP contribution is 2.12. The first-order chi connectivity index (χ1) is 20.6. The van der Waals surface area contributed by atoms with E-state index >= 15 is 0 Å². The maximum atomic E-state index is 12.3. The molecule has 0 aromatic carbocycles. The molecule has 0 aromatic rings. The minimum Gasteiger partial charge on any atom is -0.394 e. The molecule has 0 aliphatic carbocycles. The molecule has 4 N–H and O–H groups in total. The van der Waals surface area contributed by atoms with Crippen molar-refractivity contribution in [3.05, 3.63) is 36.5 Å². The van der Waals surface area contributed by atoms with Crippen molar-refractivity contribution in [2.45, 2.75) is 186 Å².